The third-order valence-electron chi connectivity index (χ3n) is 4.15. The predicted molar refractivity (Wildman–Crippen MR) is 83.7 cm³/mol. The molecule has 0 aromatic heterocycles. The molecule has 0 spiro atoms. The molecule has 2 rings (SSSR count). The molecule has 1 aromatic rings. The van der Waals surface area contributed by atoms with Gasteiger partial charge in [-0.2, -0.15) is 0 Å². The highest BCUT2D eigenvalue weighted by atomic mass is 79.9. The lowest BCUT2D eigenvalue weighted by Crippen LogP contribution is -2.62. The maximum Gasteiger partial charge on any atom is 0.0446 e. The lowest BCUT2D eigenvalue weighted by molar-refractivity contribution is 0.0651. The minimum Gasteiger partial charge on any atom is -0.396 e. The molecule has 1 atom stereocenters. The number of aliphatic hydroxyl groups excluding tert-OH is 1. The van der Waals surface area contributed by atoms with Gasteiger partial charge in [-0.05, 0) is 45.5 Å². The molecule has 1 saturated heterocycles. The topological polar surface area (TPSA) is 26.7 Å². The first kappa shape index (κ1) is 14.8. The Morgan fingerprint density at radius 3 is 2.79 bits per heavy atom. The quantitative estimate of drug-likeness (QED) is 0.925. The van der Waals surface area contributed by atoms with Crippen molar-refractivity contribution in [1.29, 1.82) is 0 Å². The van der Waals surface area contributed by atoms with Crippen LogP contribution < -0.4 is 4.90 Å². The van der Waals surface area contributed by atoms with Crippen LogP contribution in [0.5, 0.6) is 0 Å². The molecule has 1 N–H and O–H groups in total. The van der Waals surface area contributed by atoms with E-state index in [4.69, 9.17) is 0 Å². The molecule has 1 fully saturated rings. The fourth-order valence-corrected chi connectivity index (χ4v) is 3.20. The molecule has 1 heterocycles. The van der Waals surface area contributed by atoms with Gasteiger partial charge in [-0.1, -0.05) is 22.0 Å². The Bertz CT molecular complexity index is 436. The Kier molecular flexibility index (Phi) is 4.54. The van der Waals surface area contributed by atoms with Gasteiger partial charge in [0, 0.05) is 41.4 Å². The first-order valence-corrected chi connectivity index (χ1v) is 7.57. The van der Waals surface area contributed by atoms with Crippen LogP contribution in [0.4, 0.5) is 5.69 Å². The summed E-state index contributed by atoms with van der Waals surface area (Å²) in [5, 5.41) is 9.25. The molecule has 19 heavy (non-hydrogen) atoms. The molecule has 1 aliphatic heterocycles. The van der Waals surface area contributed by atoms with Crippen molar-refractivity contribution in [2.75, 3.05) is 31.6 Å². The summed E-state index contributed by atoms with van der Waals surface area (Å²) >= 11 is 3.54. The number of likely N-dealkylation sites (N-methyl/N-ethyl adjacent to an activating group) is 1. The van der Waals surface area contributed by atoms with Crippen LogP contribution in [-0.4, -0.2) is 48.3 Å². The molecule has 0 radical (unpaired) electrons. The van der Waals surface area contributed by atoms with Crippen LogP contribution in [0.25, 0.3) is 0 Å². The molecule has 4 heteroatoms. The zero-order valence-electron chi connectivity index (χ0n) is 11.9. The van der Waals surface area contributed by atoms with Gasteiger partial charge in [-0.25, -0.2) is 0 Å². The Hall–Kier alpha value is -0.580. The van der Waals surface area contributed by atoms with Gasteiger partial charge < -0.3 is 10.0 Å². The van der Waals surface area contributed by atoms with Gasteiger partial charge in [0.1, 0.15) is 0 Å². The van der Waals surface area contributed by atoms with Gasteiger partial charge in [0.15, 0.2) is 0 Å². The van der Waals surface area contributed by atoms with Crippen LogP contribution in [0.1, 0.15) is 20.3 Å². The van der Waals surface area contributed by atoms with E-state index in [0.717, 1.165) is 24.0 Å². The van der Waals surface area contributed by atoms with Crippen molar-refractivity contribution in [3.8, 4) is 0 Å². The van der Waals surface area contributed by atoms with Crippen LogP contribution in [0.2, 0.25) is 0 Å². The number of nitrogens with zero attached hydrogens (tertiary/aromatic N) is 2. The van der Waals surface area contributed by atoms with Crippen molar-refractivity contribution in [1.82, 2.24) is 4.90 Å². The van der Waals surface area contributed by atoms with Crippen molar-refractivity contribution in [2.45, 2.75) is 31.8 Å². The molecule has 0 saturated carbocycles. The predicted octanol–water partition coefficient (Wildman–Crippen LogP) is 2.73. The minimum atomic E-state index is 0.112. The van der Waals surface area contributed by atoms with E-state index < -0.39 is 0 Å². The lowest BCUT2D eigenvalue weighted by atomic mass is 9.94. The molecule has 106 valence electrons. The third-order valence-corrected chi connectivity index (χ3v) is 4.64. The Morgan fingerprint density at radius 1 is 1.42 bits per heavy atom. The van der Waals surface area contributed by atoms with E-state index >= 15 is 0 Å². The second kappa shape index (κ2) is 5.81. The van der Waals surface area contributed by atoms with Crippen LogP contribution in [0.15, 0.2) is 28.7 Å². The SMILES string of the molecule is CN1C(CCO)CN(c2cccc(Br)c2)CC1(C)C. The summed E-state index contributed by atoms with van der Waals surface area (Å²) in [6.07, 6.45) is 0.824. The average Bonchev–Trinajstić information content (AvgIpc) is 2.35. The standard InChI is InChI=1S/C15H23BrN2O/c1-15(2)11-18(10-14(7-8-19)17(15)3)13-6-4-5-12(16)9-13/h4-6,9,14,19H,7-8,10-11H2,1-3H3. The second-order valence-electron chi connectivity index (χ2n) is 5.95. The number of hydrogen-bond donors (Lipinski definition) is 1. The molecule has 0 aliphatic carbocycles. The fourth-order valence-electron chi connectivity index (χ4n) is 2.82. The van der Waals surface area contributed by atoms with Gasteiger partial charge >= 0.3 is 0 Å². The smallest absolute Gasteiger partial charge is 0.0446 e. The van der Waals surface area contributed by atoms with Crippen molar-refractivity contribution in [3.05, 3.63) is 28.7 Å². The summed E-state index contributed by atoms with van der Waals surface area (Å²) in [7, 11) is 2.17. The number of piperazine rings is 1. The van der Waals surface area contributed by atoms with Crippen LogP contribution in [0.3, 0.4) is 0 Å². The summed E-state index contributed by atoms with van der Waals surface area (Å²) < 4.78 is 1.11. The normalized spacial score (nSPS) is 23.6. The van der Waals surface area contributed by atoms with Gasteiger partial charge in [-0.15, -0.1) is 0 Å². The molecule has 1 aliphatic rings. The summed E-state index contributed by atoms with van der Waals surface area (Å²) in [5.41, 5.74) is 1.36. The van der Waals surface area contributed by atoms with Crippen molar-refractivity contribution < 1.29 is 5.11 Å². The number of anilines is 1. The van der Waals surface area contributed by atoms with E-state index in [9.17, 15) is 5.11 Å². The highest BCUT2D eigenvalue weighted by molar-refractivity contribution is 9.10. The maximum atomic E-state index is 9.25. The van der Waals surface area contributed by atoms with Crippen LogP contribution in [0, 0.1) is 0 Å². The Morgan fingerprint density at radius 2 is 2.16 bits per heavy atom. The van der Waals surface area contributed by atoms with Crippen molar-refractivity contribution in [3.63, 3.8) is 0 Å². The average molecular weight is 327 g/mol. The Balaban J connectivity index is 2.22. The molecule has 1 aromatic carbocycles. The number of halogens is 1. The van der Waals surface area contributed by atoms with E-state index in [-0.39, 0.29) is 12.1 Å². The van der Waals surface area contributed by atoms with Gasteiger partial charge in [0.2, 0.25) is 0 Å². The molecular weight excluding hydrogens is 304 g/mol. The first-order chi connectivity index (χ1) is 8.94. The third kappa shape index (κ3) is 3.30. The van der Waals surface area contributed by atoms with Gasteiger partial charge in [0.05, 0.1) is 0 Å². The summed E-state index contributed by atoms with van der Waals surface area (Å²) in [5.74, 6) is 0. The zero-order valence-corrected chi connectivity index (χ0v) is 13.5. The van der Waals surface area contributed by atoms with Crippen molar-refractivity contribution >= 4 is 21.6 Å². The largest absolute Gasteiger partial charge is 0.396 e. The van der Waals surface area contributed by atoms with Gasteiger partial charge in [-0.3, -0.25) is 4.90 Å². The van der Waals surface area contributed by atoms with Gasteiger partial charge in [0.25, 0.3) is 0 Å². The maximum absolute atomic E-state index is 9.25. The van der Waals surface area contributed by atoms with Crippen LogP contribution >= 0.6 is 15.9 Å². The van der Waals surface area contributed by atoms with E-state index in [1.807, 2.05) is 0 Å². The monoisotopic (exact) mass is 326 g/mol. The number of hydrogen-bond acceptors (Lipinski definition) is 3. The van der Waals surface area contributed by atoms with E-state index in [1.165, 1.54) is 5.69 Å². The number of benzene rings is 1. The zero-order chi connectivity index (χ0) is 14.0. The van der Waals surface area contributed by atoms with Crippen LogP contribution in [-0.2, 0) is 0 Å². The number of aliphatic hydroxyl groups is 1. The van der Waals surface area contributed by atoms with E-state index in [1.54, 1.807) is 0 Å². The van der Waals surface area contributed by atoms with E-state index in [2.05, 4.69) is 70.9 Å². The molecule has 0 amide bonds. The lowest BCUT2D eigenvalue weighted by Gasteiger charge is -2.51. The summed E-state index contributed by atoms with van der Waals surface area (Å²) in [6, 6.07) is 8.84. The summed E-state index contributed by atoms with van der Waals surface area (Å²) in [6.45, 7) is 6.75. The fraction of sp³-hybridized carbons (Fsp3) is 0.600. The number of rotatable bonds is 3. The van der Waals surface area contributed by atoms with E-state index in [0.29, 0.717) is 6.04 Å². The highest BCUT2D eigenvalue weighted by Crippen LogP contribution is 2.30. The summed E-state index contributed by atoms with van der Waals surface area (Å²) in [4.78, 5) is 4.82. The first-order valence-electron chi connectivity index (χ1n) is 6.78. The minimum absolute atomic E-state index is 0.112. The highest BCUT2D eigenvalue weighted by Gasteiger charge is 2.37. The Labute approximate surface area is 124 Å². The molecule has 3 nitrogen and oxygen atoms in total. The molecule has 0 bridgehead atoms. The van der Waals surface area contributed by atoms with Crippen molar-refractivity contribution in [2.24, 2.45) is 0 Å². The second-order valence-corrected chi connectivity index (χ2v) is 6.87. The molecular formula is C15H23BrN2O. The molecule has 1 unspecified atom stereocenters.